The highest BCUT2D eigenvalue weighted by Crippen LogP contribution is 2.16. The summed E-state index contributed by atoms with van der Waals surface area (Å²) in [7, 11) is 0. The number of aromatic nitrogens is 1. The predicted molar refractivity (Wildman–Crippen MR) is 79.3 cm³/mol. The monoisotopic (exact) mass is 284 g/mol. The highest BCUT2D eigenvalue weighted by molar-refractivity contribution is 7.80. The van der Waals surface area contributed by atoms with Crippen LogP contribution < -0.4 is 10.6 Å². The third kappa shape index (κ3) is 3.10. The third-order valence-corrected chi connectivity index (χ3v) is 3.87. The van der Waals surface area contributed by atoms with Gasteiger partial charge in [0, 0.05) is 32.4 Å². The number of halogens is 1. The molecule has 1 unspecified atom stereocenters. The fourth-order valence-corrected chi connectivity index (χ4v) is 2.33. The van der Waals surface area contributed by atoms with Crippen LogP contribution in [0.2, 0.25) is 5.02 Å². The SMILES string of the molecule is CC(C(N)=S)N1CCN(c2ccc(Cl)cn2)CC1. The summed E-state index contributed by atoms with van der Waals surface area (Å²) in [5, 5.41) is 0.666. The molecule has 1 saturated heterocycles. The Hall–Kier alpha value is -0.910. The van der Waals surface area contributed by atoms with E-state index in [1.807, 2.05) is 12.1 Å². The van der Waals surface area contributed by atoms with Gasteiger partial charge in [0.2, 0.25) is 0 Å². The Labute approximate surface area is 118 Å². The van der Waals surface area contributed by atoms with Gasteiger partial charge in [0.05, 0.1) is 16.1 Å². The molecule has 0 aliphatic carbocycles. The van der Waals surface area contributed by atoms with E-state index in [0.717, 1.165) is 32.0 Å². The van der Waals surface area contributed by atoms with E-state index in [1.54, 1.807) is 6.20 Å². The lowest BCUT2D eigenvalue weighted by Crippen LogP contribution is -2.52. The van der Waals surface area contributed by atoms with Crippen LogP contribution in [-0.2, 0) is 0 Å². The van der Waals surface area contributed by atoms with Crippen LogP contribution in [0.15, 0.2) is 18.3 Å². The second-order valence-electron chi connectivity index (χ2n) is 4.44. The van der Waals surface area contributed by atoms with Crippen LogP contribution in [0.3, 0.4) is 0 Å². The molecule has 2 rings (SSSR count). The zero-order valence-corrected chi connectivity index (χ0v) is 11.9. The Kier molecular flexibility index (Phi) is 4.37. The molecule has 1 aromatic rings. The predicted octanol–water partition coefficient (Wildman–Crippen LogP) is 1.53. The van der Waals surface area contributed by atoms with Crippen LogP contribution in [0.5, 0.6) is 0 Å². The van der Waals surface area contributed by atoms with Crippen molar-refractivity contribution < 1.29 is 0 Å². The first kappa shape index (κ1) is 13.5. The van der Waals surface area contributed by atoms with Gasteiger partial charge in [-0.2, -0.15) is 0 Å². The maximum absolute atomic E-state index is 5.83. The summed E-state index contributed by atoms with van der Waals surface area (Å²) < 4.78 is 0. The van der Waals surface area contributed by atoms with E-state index in [9.17, 15) is 0 Å². The molecule has 2 N–H and O–H groups in total. The summed E-state index contributed by atoms with van der Waals surface area (Å²) in [6.07, 6.45) is 1.68. The van der Waals surface area contributed by atoms with Crippen molar-refractivity contribution in [3.63, 3.8) is 0 Å². The topological polar surface area (TPSA) is 45.4 Å². The highest BCUT2D eigenvalue weighted by Gasteiger charge is 2.22. The number of hydrogen-bond donors (Lipinski definition) is 1. The van der Waals surface area contributed by atoms with Crippen molar-refractivity contribution in [3.05, 3.63) is 23.4 Å². The number of pyridine rings is 1. The van der Waals surface area contributed by atoms with Crippen LogP contribution in [0.25, 0.3) is 0 Å². The van der Waals surface area contributed by atoms with E-state index in [-0.39, 0.29) is 6.04 Å². The molecule has 0 aromatic carbocycles. The van der Waals surface area contributed by atoms with E-state index in [1.165, 1.54) is 0 Å². The zero-order valence-electron chi connectivity index (χ0n) is 10.3. The molecule has 0 radical (unpaired) electrons. The molecule has 1 aliphatic rings. The molecule has 1 aliphatic heterocycles. The standard InChI is InChI=1S/C12H17ClN4S/c1-9(12(14)18)16-4-6-17(7-5-16)11-3-2-10(13)8-15-11/h2-3,8-9H,4-7H2,1H3,(H2,14,18). The van der Waals surface area contributed by atoms with Gasteiger partial charge in [-0.3, -0.25) is 4.90 Å². The molecule has 1 aromatic heterocycles. The summed E-state index contributed by atoms with van der Waals surface area (Å²) >= 11 is 10.9. The number of piperazine rings is 1. The van der Waals surface area contributed by atoms with Crippen LogP contribution in [-0.4, -0.2) is 47.1 Å². The second-order valence-corrected chi connectivity index (χ2v) is 5.34. The van der Waals surface area contributed by atoms with Gasteiger partial charge >= 0.3 is 0 Å². The summed E-state index contributed by atoms with van der Waals surface area (Å²) in [4.78, 5) is 9.44. The number of thiocarbonyl (C=S) groups is 1. The Morgan fingerprint density at radius 2 is 2.06 bits per heavy atom. The fourth-order valence-electron chi connectivity index (χ4n) is 2.07. The van der Waals surface area contributed by atoms with Gasteiger partial charge in [-0.25, -0.2) is 4.98 Å². The smallest absolute Gasteiger partial charge is 0.128 e. The molecule has 1 fully saturated rings. The van der Waals surface area contributed by atoms with Gasteiger partial charge in [0.25, 0.3) is 0 Å². The van der Waals surface area contributed by atoms with Gasteiger partial charge in [0.1, 0.15) is 5.82 Å². The van der Waals surface area contributed by atoms with E-state index >= 15 is 0 Å². The fraction of sp³-hybridized carbons (Fsp3) is 0.500. The van der Waals surface area contributed by atoms with E-state index in [4.69, 9.17) is 29.6 Å². The number of anilines is 1. The van der Waals surface area contributed by atoms with Gasteiger partial charge in [0.15, 0.2) is 0 Å². The molecule has 0 bridgehead atoms. The molecular weight excluding hydrogens is 268 g/mol. The lowest BCUT2D eigenvalue weighted by molar-refractivity contribution is 0.239. The molecular formula is C12H17ClN4S. The average Bonchev–Trinajstić information content (AvgIpc) is 2.39. The van der Waals surface area contributed by atoms with E-state index in [2.05, 4.69) is 21.7 Å². The lowest BCUT2D eigenvalue weighted by atomic mass is 10.2. The van der Waals surface area contributed by atoms with Crippen molar-refractivity contribution in [2.24, 2.45) is 5.73 Å². The second kappa shape index (κ2) is 5.82. The van der Waals surface area contributed by atoms with Gasteiger partial charge in [-0.1, -0.05) is 23.8 Å². The molecule has 0 amide bonds. The van der Waals surface area contributed by atoms with Crippen LogP contribution in [0.4, 0.5) is 5.82 Å². The normalized spacial score (nSPS) is 18.7. The maximum Gasteiger partial charge on any atom is 0.128 e. The van der Waals surface area contributed by atoms with Crippen molar-refractivity contribution in [3.8, 4) is 0 Å². The Balaban J connectivity index is 1.94. The quantitative estimate of drug-likeness (QED) is 0.853. The minimum absolute atomic E-state index is 0.167. The molecule has 0 saturated carbocycles. The molecule has 18 heavy (non-hydrogen) atoms. The minimum Gasteiger partial charge on any atom is -0.392 e. The van der Waals surface area contributed by atoms with Crippen molar-refractivity contribution in [2.75, 3.05) is 31.1 Å². The summed E-state index contributed by atoms with van der Waals surface area (Å²) in [5.74, 6) is 0.974. The number of rotatable bonds is 3. The molecule has 1 atom stereocenters. The first-order valence-electron chi connectivity index (χ1n) is 5.98. The van der Waals surface area contributed by atoms with Crippen molar-refractivity contribution in [2.45, 2.75) is 13.0 Å². The van der Waals surface area contributed by atoms with Crippen molar-refractivity contribution >= 4 is 34.6 Å². The first-order chi connectivity index (χ1) is 8.58. The molecule has 0 spiro atoms. The average molecular weight is 285 g/mol. The number of nitrogens with two attached hydrogens (primary N) is 1. The van der Waals surface area contributed by atoms with Gasteiger partial charge in [-0.05, 0) is 19.1 Å². The maximum atomic E-state index is 5.83. The van der Waals surface area contributed by atoms with Crippen molar-refractivity contribution in [1.29, 1.82) is 0 Å². The van der Waals surface area contributed by atoms with Crippen LogP contribution in [0, 0.1) is 0 Å². The first-order valence-corrected chi connectivity index (χ1v) is 6.76. The van der Waals surface area contributed by atoms with Gasteiger partial charge in [-0.15, -0.1) is 0 Å². The van der Waals surface area contributed by atoms with Crippen LogP contribution >= 0.6 is 23.8 Å². The Morgan fingerprint density at radius 1 is 1.39 bits per heavy atom. The lowest BCUT2D eigenvalue weighted by Gasteiger charge is -2.38. The van der Waals surface area contributed by atoms with Crippen LogP contribution in [0.1, 0.15) is 6.92 Å². The Morgan fingerprint density at radius 3 is 2.56 bits per heavy atom. The molecule has 98 valence electrons. The Bertz CT molecular complexity index is 415. The minimum atomic E-state index is 0.167. The summed E-state index contributed by atoms with van der Waals surface area (Å²) in [5.41, 5.74) is 5.68. The number of hydrogen-bond acceptors (Lipinski definition) is 4. The molecule has 4 nitrogen and oxygen atoms in total. The van der Waals surface area contributed by atoms with E-state index < -0.39 is 0 Å². The van der Waals surface area contributed by atoms with E-state index in [0.29, 0.717) is 10.0 Å². The molecule has 6 heteroatoms. The number of nitrogens with zero attached hydrogens (tertiary/aromatic N) is 3. The largest absolute Gasteiger partial charge is 0.392 e. The zero-order chi connectivity index (χ0) is 13.1. The third-order valence-electron chi connectivity index (χ3n) is 3.31. The molecule has 2 heterocycles. The van der Waals surface area contributed by atoms with Gasteiger partial charge < -0.3 is 10.6 Å². The highest BCUT2D eigenvalue weighted by atomic mass is 35.5. The van der Waals surface area contributed by atoms with Crippen molar-refractivity contribution in [1.82, 2.24) is 9.88 Å². The summed E-state index contributed by atoms with van der Waals surface area (Å²) in [6, 6.07) is 3.99. The summed E-state index contributed by atoms with van der Waals surface area (Å²) in [6.45, 7) is 5.81.